The van der Waals surface area contributed by atoms with Gasteiger partial charge in [-0.25, -0.2) is 4.79 Å². The van der Waals surface area contributed by atoms with E-state index in [-0.39, 0.29) is 24.0 Å². The topological polar surface area (TPSA) is 69.6 Å². The van der Waals surface area contributed by atoms with Crippen LogP contribution in [0.2, 0.25) is 0 Å². The summed E-state index contributed by atoms with van der Waals surface area (Å²) in [5, 5.41) is 12.3. The lowest BCUT2D eigenvalue weighted by Crippen LogP contribution is -2.46. The molecular formula is C16H26N2O3. The molecule has 2 saturated heterocycles. The number of amides is 2. The van der Waals surface area contributed by atoms with Crippen LogP contribution < -0.4 is 5.32 Å². The van der Waals surface area contributed by atoms with E-state index in [2.05, 4.69) is 12.2 Å². The average molecular weight is 294 g/mol. The maximum Gasteiger partial charge on any atom is 0.317 e. The lowest BCUT2D eigenvalue weighted by Gasteiger charge is -2.30. The number of hydrogen-bond donors (Lipinski definition) is 2. The monoisotopic (exact) mass is 294 g/mol. The number of carbonyl (C=O) groups excluding carboxylic acids is 1. The number of nitrogens with one attached hydrogen (secondary N) is 1. The van der Waals surface area contributed by atoms with E-state index in [1.165, 1.54) is 25.7 Å². The number of carbonyl (C=O) groups is 2. The van der Waals surface area contributed by atoms with Crippen LogP contribution in [-0.2, 0) is 4.79 Å². The predicted molar refractivity (Wildman–Crippen MR) is 78.9 cm³/mol. The van der Waals surface area contributed by atoms with E-state index in [1.807, 2.05) is 4.90 Å². The summed E-state index contributed by atoms with van der Waals surface area (Å²) >= 11 is 0. The molecule has 0 aromatic rings. The van der Waals surface area contributed by atoms with Crippen molar-refractivity contribution in [2.75, 3.05) is 6.54 Å². The highest BCUT2D eigenvalue weighted by Gasteiger charge is 2.51. The summed E-state index contributed by atoms with van der Waals surface area (Å²) in [6, 6.07) is 0.0141. The van der Waals surface area contributed by atoms with Gasteiger partial charge in [0.1, 0.15) is 0 Å². The number of hydrogen-bond acceptors (Lipinski definition) is 2. The molecule has 2 heterocycles. The predicted octanol–water partition coefficient (Wildman–Crippen LogP) is 2.46. The Bertz CT molecular complexity index is 426. The molecule has 2 bridgehead atoms. The summed E-state index contributed by atoms with van der Waals surface area (Å²) in [6.07, 6.45) is 7.47. The Hall–Kier alpha value is -1.26. The van der Waals surface area contributed by atoms with Gasteiger partial charge in [-0.2, -0.15) is 0 Å². The molecule has 0 aromatic heterocycles. The van der Waals surface area contributed by atoms with Crippen LogP contribution in [0.25, 0.3) is 0 Å². The molecule has 0 radical (unpaired) electrons. The first kappa shape index (κ1) is 14.7. The highest BCUT2D eigenvalue weighted by Crippen LogP contribution is 2.41. The number of carboxylic acids is 1. The van der Waals surface area contributed by atoms with Crippen LogP contribution in [0.1, 0.15) is 51.9 Å². The van der Waals surface area contributed by atoms with Crippen molar-refractivity contribution >= 4 is 12.0 Å². The molecule has 3 fully saturated rings. The highest BCUT2D eigenvalue weighted by molar-refractivity contribution is 5.79. The average Bonchev–Trinajstić information content (AvgIpc) is 3.04. The van der Waals surface area contributed by atoms with Crippen LogP contribution in [0, 0.1) is 17.8 Å². The number of carboxylic acid groups (broad SMARTS) is 1. The van der Waals surface area contributed by atoms with Gasteiger partial charge in [0.05, 0.1) is 5.92 Å². The molecule has 3 rings (SSSR count). The molecule has 21 heavy (non-hydrogen) atoms. The van der Waals surface area contributed by atoms with E-state index < -0.39 is 5.97 Å². The minimum absolute atomic E-state index is 0.0379. The Labute approximate surface area is 126 Å². The molecule has 5 atom stereocenters. The fraction of sp³-hybridized carbons (Fsp3) is 0.875. The van der Waals surface area contributed by atoms with E-state index in [0.717, 1.165) is 19.4 Å². The van der Waals surface area contributed by atoms with Gasteiger partial charge in [0.15, 0.2) is 0 Å². The van der Waals surface area contributed by atoms with Gasteiger partial charge in [0.2, 0.25) is 0 Å². The largest absolute Gasteiger partial charge is 0.481 e. The van der Waals surface area contributed by atoms with Crippen molar-refractivity contribution in [3.63, 3.8) is 0 Å². The normalized spacial score (nSPS) is 38.5. The second-order valence-corrected chi connectivity index (χ2v) is 7.09. The molecule has 2 N–H and O–H groups in total. The maximum absolute atomic E-state index is 12.4. The van der Waals surface area contributed by atoms with Crippen LogP contribution in [0.5, 0.6) is 0 Å². The van der Waals surface area contributed by atoms with Crippen LogP contribution in [0.3, 0.4) is 0 Å². The first-order valence-corrected chi connectivity index (χ1v) is 8.37. The Balaban J connectivity index is 1.55. The zero-order valence-corrected chi connectivity index (χ0v) is 12.8. The summed E-state index contributed by atoms with van der Waals surface area (Å²) in [5.41, 5.74) is 0. The molecule has 2 aliphatic heterocycles. The molecule has 2 amide bonds. The minimum atomic E-state index is -0.749. The smallest absolute Gasteiger partial charge is 0.317 e. The molecule has 0 spiro atoms. The van der Waals surface area contributed by atoms with Gasteiger partial charge in [-0.3, -0.25) is 4.79 Å². The van der Waals surface area contributed by atoms with Crippen molar-refractivity contribution < 1.29 is 14.7 Å². The second kappa shape index (κ2) is 5.85. The van der Waals surface area contributed by atoms with Crippen molar-refractivity contribution in [1.29, 1.82) is 0 Å². The van der Waals surface area contributed by atoms with Crippen LogP contribution in [0.15, 0.2) is 0 Å². The zero-order valence-electron chi connectivity index (χ0n) is 12.8. The van der Waals surface area contributed by atoms with E-state index in [0.29, 0.717) is 18.3 Å². The van der Waals surface area contributed by atoms with Gasteiger partial charge in [-0.15, -0.1) is 0 Å². The standard InChI is InChI=1S/C16H26N2O3/c1-10-4-2-3-5-11(10)9-17-16(21)18-12-6-7-14(18)13(8-12)15(19)20/h10-14H,2-9H2,1H3,(H,17,21)(H,19,20). The Morgan fingerprint density at radius 2 is 1.95 bits per heavy atom. The minimum Gasteiger partial charge on any atom is -0.481 e. The highest BCUT2D eigenvalue weighted by atomic mass is 16.4. The fourth-order valence-electron chi connectivity index (χ4n) is 4.58. The quantitative estimate of drug-likeness (QED) is 0.840. The lowest BCUT2D eigenvalue weighted by atomic mass is 9.80. The van der Waals surface area contributed by atoms with E-state index in [4.69, 9.17) is 0 Å². The van der Waals surface area contributed by atoms with Crippen LogP contribution in [-0.4, -0.2) is 40.6 Å². The molecule has 118 valence electrons. The van der Waals surface area contributed by atoms with Crippen LogP contribution in [0.4, 0.5) is 4.79 Å². The number of rotatable bonds is 3. The summed E-state index contributed by atoms with van der Waals surface area (Å²) in [5.74, 6) is 0.156. The van der Waals surface area contributed by atoms with Gasteiger partial charge in [0.25, 0.3) is 0 Å². The third-order valence-electron chi connectivity index (χ3n) is 5.89. The van der Waals surface area contributed by atoms with Gasteiger partial charge >= 0.3 is 12.0 Å². The van der Waals surface area contributed by atoms with Crippen LogP contribution >= 0.6 is 0 Å². The Morgan fingerprint density at radius 3 is 2.62 bits per heavy atom. The van der Waals surface area contributed by atoms with Crippen molar-refractivity contribution in [3.8, 4) is 0 Å². The number of urea groups is 1. The first-order chi connectivity index (χ1) is 10.1. The van der Waals surface area contributed by atoms with Gasteiger partial charge in [-0.1, -0.05) is 26.2 Å². The number of aliphatic carboxylic acids is 1. The van der Waals surface area contributed by atoms with E-state index in [9.17, 15) is 14.7 Å². The second-order valence-electron chi connectivity index (χ2n) is 7.09. The van der Waals surface area contributed by atoms with E-state index >= 15 is 0 Å². The molecule has 1 aliphatic carbocycles. The zero-order chi connectivity index (χ0) is 15.0. The molecule has 3 aliphatic rings. The van der Waals surface area contributed by atoms with Gasteiger partial charge in [0, 0.05) is 18.6 Å². The fourth-order valence-corrected chi connectivity index (χ4v) is 4.58. The lowest BCUT2D eigenvalue weighted by molar-refractivity contribution is -0.142. The molecule has 1 saturated carbocycles. The number of nitrogens with zero attached hydrogens (tertiary/aromatic N) is 1. The summed E-state index contributed by atoms with van der Waals surface area (Å²) in [4.78, 5) is 25.5. The van der Waals surface area contributed by atoms with Gasteiger partial charge < -0.3 is 15.3 Å². The molecule has 5 nitrogen and oxygen atoms in total. The Morgan fingerprint density at radius 1 is 1.19 bits per heavy atom. The molecule has 5 heteroatoms. The maximum atomic E-state index is 12.4. The van der Waals surface area contributed by atoms with Crippen molar-refractivity contribution in [2.24, 2.45) is 17.8 Å². The number of fused-ring (bicyclic) bond motifs is 2. The summed E-state index contributed by atoms with van der Waals surface area (Å²) < 4.78 is 0. The summed E-state index contributed by atoms with van der Waals surface area (Å²) in [6.45, 7) is 3.02. The van der Waals surface area contributed by atoms with Crippen molar-refractivity contribution in [3.05, 3.63) is 0 Å². The Kier molecular flexibility index (Phi) is 4.09. The molecular weight excluding hydrogens is 268 g/mol. The van der Waals surface area contributed by atoms with Gasteiger partial charge in [-0.05, 0) is 37.5 Å². The third-order valence-corrected chi connectivity index (χ3v) is 5.89. The van der Waals surface area contributed by atoms with E-state index in [1.54, 1.807) is 0 Å². The van der Waals surface area contributed by atoms with Crippen molar-refractivity contribution in [1.82, 2.24) is 10.2 Å². The SMILES string of the molecule is CC1CCCCC1CNC(=O)N1C2CCC1C(C(=O)O)C2. The summed E-state index contributed by atoms with van der Waals surface area (Å²) in [7, 11) is 0. The molecule has 5 unspecified atom stereocenters. The first-order valence-electron chi connectivity index (χ1n) is 8.37. The third kappa shape index (κ3) is 2.74. The van der Waals surface area contributed by atoms with Crippen molar-refractivity contribution in [2.45, 2.75) is 64.0 Å². The molecule has 0 aromatic carbocycles.